The van der Waals surface area contributed by atoms with Crippen molar-refractivity contribution >= 4 is 45.0 Å². The summed E-state index contributed by atoms with van der Waals surface area (Å²) in [6, 6.07) is 3.04. The number of pyridine rings is 2. The van der Waals surface area contributed by atoms with Gasteiger partial charge in [0.25, 0.3) is 0 Å². The van der Waals surface area contributed by atoms with Crippen LogP contribution in [0.15, 0.2) is 23.1 Å². The molecule has 1 atom stereocenters. The molecule has 0 aliphatic carbocycles. The number of hydrogen-bond acceptors (Lipinski definition) is 6. The number of aromatic nitrogens is 4. The van der Waals surface area contributed by atoms with Gasteiger partial charge in [0, 0.05) is 0 Å². The Morgan fingerprint density at radius 3 is 2.50 bits per heavy atom. The van der Waals surface area contributed by atoms with Gasteiger partial charge in [-0.05, 0) is 0 Å². The molecule has 1 aliphatic rings. The first-order valence-corrected chi connectivity index (χ1v) is 22.1. The van der Waals surface area contributed by atoms with E-state index in [1.54, 1.807) is 6.20 Å². The molecule has 1 amide bonds. The number of fused-ring (bicyclic) bond motifs is 1. The van der Waals surface area contributed by atoms with Gasteiger partial charge in [-0.15, -0.1) is 0 Å². The van der Waals surface area contributed by atoms with E-state index in [0.29, 0.717) is 32.8 Å². The summed E-state index contributed by atoms with van der Waals surface area (Å²) in [4.78, 5) is 48.5. The molecule has 9 nitrogen and oxygen atoms in total. The van der Waals surface area contributed by atoms with Crippen LogP contribution in [0.2, 0.25) is 14.8 Å². The van der Waals surface area contributed by atoms with Crippen molar-refractivity contribution in [3.8, 4) is 5.69 Å². The van der Waals surface area contributed by atoms with Gasteiger partial charge in [-0.3, -0.25) is 0 Å². The quantitative estimate of drug-likeness (QED) is 0.456. The standard InChI is InChI=1S/C22H24FN6O3.3CH3.Sn/c1-12(2)17-18(13(3)5-6-24-17)29-19-16(9-15(23)10-25-19)20(26-21(29)30)28-8-7-27(22(31)32)11-14(28)4;;;;/h5-6,9,12,14H,7-8,11H2,1-4H3,(H,31,32);3*1H3;. The maximum atomic E-state index is 15.5. The third-order valence-corrected chi connectivity index (χ3v) is 11.7. The molecule has 36 heavy (non-hydrogen) atoms. The molecule has 0 bridgehead atoms. The Morgan fingerprint density at radius 1 is 1.22 bits per heavy atom. The third-order valence-electron chi connectivity index (χ3n) is 6.61. The Bertz CT molecular complexity index is 1400. The molecule has 4 rings (SSSR count). The first-order valence-electron chi connectivity index (χ1n) is 12.2. The van der Waals surface area contributed by atoms with Crippen LogP contribution in [0.5, 0.6) is 0 Å². The number of rotatable bonds is 4. The number of carboxylic acid groups (broad SMARTS) is 1. The summed E-state index contributed by atoms with van der Waals surface area (Å²) in [5, 5.41) is 9.84. The number of carbonyl (C=O) groups is 1. The second-order valence-corrected chi connectivity index (χ2v) is 25.0. The molecular formula is C25H33FN6O3Sn. The SMILES string of the molecule is Cc1ccnc(C(C)C)c1-n1c(=O)nc(N2CCN(C(=O)O)CC2C)c2cc(F)[c]([Sn]([CH3])([CH3])[CH3])nc21. The van der Waals surface area contributed by atoms with Crippen LogP contribution in [0.25, 0.3) is 16.7 Å². The van der Waals surface area contributed by atoms with E-state index in [9.17, 15) is 14.7 Å². The molecule has 1 fully saturated rings. The van der Waals surface area contributed by atoms with E-state index in [-0.39, 0.29) is 30.9 Å². The van der Waals surface area contributed by atoms with Crippen molar-refractivity contribution in [3.05, 3.63) is 45.9 Å². The van der Waals surface area contributed by atoms with E-state index in [1.807, 2.05) is 38.7 Å². The van der Waals surface area contributed by atoms with Gasteiger partial charge in [-0.2, -0.15) is 0 Å². The Labute approximate surface area is 213 Å². The monoisotopic (exact) mass is 604 g/mol. The van der Waals surface area contributed by atoms with Crippen molar-refractivity contribution in [2.75, 3.05) is 24.5 Å². The van der Waals surface area contributed by atoms with Crippen molar-refractivity contribution in [1.29, 1.82) is 0 Å². The summed E-state index contributed by atoms with van der Waals surface area (Å²) < 4.78 is 17.4. The molecule has 11 heteroatoms. The molecule has 1 unspecified atom stereocenters. The topological polar surface area (TPSA) is 104 Å². The van der Waals surface area contributed by atoms with Gasteiger partial charge in [0.05, 0.1) is 0 Å². The number of nitrogens with zero attached hydrogens (tertiary/aromatic N) is 6. The summed E-state index contributed by atoms with van der Waals surface area (Å²) in [6.07, 6.45) is 0.731. The van der Waals surface area contributed by atoms with Gasteiger partial charge in [-0.1, -0.05) is 0 Å². The third kappa shape index (κ3) is 4.67. The molecule has 192 valence electrons. The van der Waals surface area contributed by atoms with Gasteiger partial charge >= 0.3 is 214 Å². The van der Waals surface area contributed by atoms with Crippen LogP contribution in [-0.2, 0) is 0 Å². The van der Waals surface area contributed by atoms with Crippen molar-refractivity contribution < 1.29 is 14.3 Å². The molecule has 3 aromatic heterocycles. The minimum absolute atomic E-state index is 0.0346. The van der Waals surface area contributed by atoms with Gasteiger partial charge < -0.3 is 0 Å². The maximum absolute atomic E-state index is 15.5. The fraction of sp³-hybridized carbons (Fsp3) is 0.480. The number of amides is 1. The Morgan fingerprint density at radius 2 is 1.92 bits per heavy atom. The number of piperazine rings is 1. The molecule has 1 aliphatic heterocycles. The predicted molar refractivity (Wildman–Crippen MR) is 141 cm³/mol. The zero-order valence-electron chi connectivity index (χ0n) is 21.8. The molecular weight excluding hydrogens is 570 g/mol. The molecule has 0 radical (unpaired) electrons. The van der Waals surface area contributed by atoms with Crippen molar-refractivity contribution in [2.45, 2.75) is 54.5 Å². The summed E-state index contributed by atoms with van der Waals surface area (Å²) in [5.41, 5.74) is 2.06. The zero-order valence-corrected chi connectivity index (χ0v) is 24.7. The molecule has 1 N–H and O–H groups in total. The average Bonchev–Trinajstić information content (AvgIpc) is 2.78. The van der Waals surface area contributed by atoms with E-state index >= 15 is 4.39 Å². The molecule has 0 aromatic carbocycles. The van der Waals surface area contributed by atoms with Crippen molar-refractivity contribution in [3.63, 3.8) is 0 Å². The summed E-state index contributed by atoms with van der Waals surface area (Å²) in [5.74, 6) is -0.0197. The molecule has 0 saturated carbocycles. The second kappa shape index (κ2) is 9.60. The summed E-state index contributed by atoms with van der Waals surface area (Å²) in [7, 11) is 0. The number of anilines is 1. The fourth-order valence-electron chi connectivity index (χ4n) is 4.78. The van der Waals surface area contributed by atoms with Crippen LogP contribution in [0.4, 0.5) is 15.0 Å². The number of aryl methyl sites for hydroxylation is 1. The zero-order chi connectivity index (χ0) is 26.5. The average molecular weight is 603 g/mol. The van der Waals surface area contributed by atoms with Crippen LogP contribution in [0.3, 0.4) is 0 Å². The number of halogens is 1. The van der Waals surface area contributed by atoms with Gasteiger partial charge in [-0.25, -0.2) is 0 Å². The Balaban J connectivity index is 2.06. The van der Waals surface area contributed by atoms with Crippen LogP contribution < -0.4 is 14.3 Å². The van der Waals surface area contributed by atoms with Crippen LogP contribution >= 0.6 is 0 Å². The van der Waals surface area contributed by atoms with Gasteiger partial charge in [0.2, 0.25) is 0 Å². The van der Waals surface area contributed by atoms with Gasteiger partial charge in [0.15, 0.2) is 0 Å². The molecule has 0 spiro atoms. The van der Waals surface area contributed by atoms with E-state index in [2.05, 4.69) is 24.8 Å². The van der Waals surface area contributed by atoms with E-state index < -0.39 is 30.2 Å². The van der Waals surface area contributed by atoms with E-state index in [1.165, 1.54) is 15.5 Å². The fourth-order valence-corrected chi connectivity index (χ4v) is 8.29. The summed E-state index contributed by atoms with van der Waals surface area (Å²) in [6.45, 7) is 8.66. The van der Waals surface area contributed by atoms with Crippen molar-refractivity contribution in [2.24, 2.45) is 0 Å². The number of hydrogen-bond donors (Lipinski definition) is 1. The van der Waals surface area contributed by atoms with E-state index in [0.717, 1.165) is 11.3 Å². The molecule has 1 saturated heterocycles. The first-order chi connectivity index (χ1) is 16.8. The molecule has 3 aromatic rings. The van der Waals surface area contributed by atoms with Crippen LogP contribution in [-0.4, -0.2) is 79.7 Å². The summed E-state index contributed by atoms with van der Waals surface area (Å²) >= 11 is -3.02. The van der Waals surface area contributed by atoms with Crippen molar-refractivity contribution in [1.82, 2.24) is 24.4 Å². The van der Waals surface area contributed by atoms with Crippen LogP contribution in [0.1, 0.15) is 37.9 Å². The van der Waals surface area contributed by atoms with Crippen LogP contribution in [0, 0.1) is 12.7 Å². The normalized spacial score (nSPS) is 16.8. The second-order valence-electron chi connectivity index (χ2n) is 10.8. The first kappa shape index (κ1) is 26.3. The van der Waals surface area contributed by atoms with Gasteiger partial charge in [0.1, 0.15) is 0 Å². The Hall–Kier alpha value is -2.76. The van der Waals surface area contributed by atoms with E-state index in [4.69, 9.17) is 4.98 Å². The molecule has 4 heterocycles. The minimum atomic E-state index is -3.02. The Kier molecular flexibility index (Phi) is 7.02. The predicted octanol–water partition coefficient (Wildman–Crippen LogP) is 3.48.